The van der Waals surface area contributed by atoms with Crippen molar-refractivity contribution < 1.29 is 19.4 Å². The average molecular weight is 368 g/mol. The van der Waals surface area contributed by atoms with E-state index in [1.54, 1.807) is 4.90 Å². The van der Waals surface area contributed by atoms with Crippen LogP contribution in [-0.4, -0.2) is 35.1 Å². The highest BCUT2D eigenvalue weighted by molar-refractivity contribution is 5.77. The van der Waals surface area contributed by atoms with Gasteiger partial charge in [0.1, 0.15) is 12.4 Å². The molecule has 27 heavy (non-hydrogen) atoms. The number of likely N-dealkylation sites (tertiary alicyclic amines) is 1. The highest BCUT2D eigenvalue weighted by Crippen LogP contribution is 2.26. The van der Waals surface area contributed by atoms with Crippen LogP contribution in [0, 0.1) is 5.92 Å². The van der Waals surface area contributed by atoms with Gasteiger partial charge in [0.05, 0.1) is 12.0 Å². The number of rotatable bonds is 6. The number of aliphatic carboxylic acids is 1. The second-order valence-electron chi connectivity index (χ2n) is 6.75. The molecular weight excluding hydrogens is 344 g/mol. The third-order valence-electron chi connectivity index (χ3n) is 4.79. The molecule has 0 spiro atoms. The van der Waals surface area contributed by atoms with Crippen molar-refractivity contribution >= 4 is 12.0 Å². The summed E-state index contributed by atoms with van der Waals surface area (Å²) in [6.45, 7) is 3.06. The van der Waals surface area contributed by atoms with Gasteiger partial charge in [-0.2, -0.15) is 0 Å². The Bertz CT molecular complexity index is 794. The molecule has 6 nitrogen and oxygen atoms in total. The number of carboxylic acid groups (broad SMARTS) is 1. The van der Waals surface area contributed by atoms with Crippen LogP contribution in [0.2, 0.25) is 0 Å². The summed E-state index contributed by atoms with van der Waals surface area (Å²) >= 11 is 0. The molecule has 1 heterocycles. The minimum absolute atomic E-state index is 0.246. The third kappa shape index (κ3) is 4.78. The van der Waals surface area contributed by atoms with Crippen LogP contribution >= 0.6 is 0 Å². The normalized spacial score (nSPS) is 17.4. The van der Waals surface area contributed by atoms with E-state index in [4.69, 9.17) is 9.84 Å². The van der Waals surface area contributed by atoms with Gasteiger partial charge < -0.3 is 20.1 Å². The fraction of sp³-hybridized carbons (Fsp3) is 0.333. The van der Waals surface area contributed by atoms with Crippen molar-refractivity contribution in [2.75, 3.05) is 13.1 Å². The fourth-order valence-electron chi connectivity index (χ4n) is 3.21. The van der Waals surface area contributed by atoms with Crippen LogP contribution in [0.25, 0.3) is 0 Å². The van der Waals surface area contributed by atoms with Crippen molar-refractivity contribution in [1.29, 1.82) is 0 Å². The van der Waals surface area contributed by atoms with Crippen LogP contribution in [0.1, 0.15) is 30.5 Å². The Morgan fingerprint density at radius 2 is 1.89 bits per heavy atom. The Kier molecular flexibility index (Phi) is 5.96. The van der Waals surface area contributed by atoms with Gasteiger partial charge in [-0.15, -0.1) is 0 Å². The van der Waals surface area contributed by atoms with Crippen LogP contribution in [0.3, 0.4) is 0 Å². The predicted octanol–water partition coefficient (Wildman–Crippen LogP) is 3.44. The SMILES string of the molecule is C[C@@H](NC(=O)N1CCC(C(=O)O)C1)c1ccccc1OCc1ccccc1. The van der Waals surface area contributed by atoms with Gasteiger partial charge in [-0.05, 0) is 25.0 Å². The molecule has 0 aromatic heterocycles. The van der Waals surface area contributed by atoms with E-state index in [2.05, 4.69) is 5.32 Å². The maximum atomic E-state index is 12.5. The Morgan fingerprint density at radius 1 is 1.19 bits per heavy atom. The first-order valence-corrected chi connectivity index (χ1v) is 9.08. The lowest BCUT2D eigenvalue weighted by atomic mass is 10.1. The number of carbonyl (C=O) groups is 2. The van der Waals surface area contributed by atoms with E-state index in [1.165, 1.54) is 0 Å². The molecule has 1 fully saturated rings. The van der Waals surface area contributed by atoms with E-state index in [-0.39, 0.29) is 18.6 Å². The molecule has 2 aromatic rings. The van der Waals surface area contributed by atoms with Gasteiger partial charge in [0.15, 0.2) is 0 Å². The summed E-state index contributed by atoms with van der Waals surface area (Å²) < 4.78 is 5.96. The molecule has 2 N–H and O–H groups in total. The van der Waals surface area contributed by atoms with Gasteiger partial charge in [0.25, 0.3) is 0 Å². The highest BCUT2D eigenvalue weighted by atomic mass is 16.5. The van der Waals surface area contributed by atoms with Crippen molar-refractivity contribution in [1.82, 2.24) is 10.2 Å². The average Bonchev–Trinajstić information content (AvgIpc) is 3.18. The summed E-state index contributed by atoms with van der Waals surface area (Å²) in [6.07, 6.45) is 0.494. The molecule has 6 heteroatoms. The number of carbonyl (C=O) groups excluding carboxylic acids is 1. The molecule has 142 valence electrons. The van der Waals surface area contributed by atoms with Gasteiger partial charge in [0, 0.05) is 18.7 Å². The Morgan fingerprint density at radius 3 is 2.59 bits per heavy atom. The molecule has 1 saturated heterocycles. The summed E-state index contributed by atoms with van der Waals surface area (Å²) in [5.74, 6) is -0.607. The number of hydrogen-bond acceptors (Lipinski definition) is 3. The lowest BCUT2D eigenvalue weighted by Gasteiger charge is -2.22. The molecule has 0 bridgehead atoms. The monoisotopic (exact) mass is 368 g/mol. The molecule has 0 saturated carbocycles. The molecule has 0 aliphatic carbocycles. The van der Waals surface area contributed by atoms with Gasteiger partial charge in [-0.3, -0.25) is 4.79 Å². The standard InChI is InChI=1S/C21H24N2O4/c1-15(22-21(26)23-12-11-17(13-23)20(24)25)18-9-5-6-10-19(18)27-14-16-7-3-2-4-8-16/h2-10,15,17H,11-14H2,1H3,(H,22,26)(H,24,25)/t15-,17?/m1/s1. The van der Waals surface area contributed by atoms with Gasteiger partial charge in [-0.1, -0.05) is 48.5 Å². The van der Waals surface area contributed by atoms with E-state index >= 15 is 0 Å². The number of para-hydroxylation sites is 1. The number of carboxylic acids is 1. The van der Waals surface area contributed by atoms with E-state index < -0.39 is 11.9 Å². The molecule has 1 aliphatic heterocycles. The molecule has 0 radical (unpaired) electrons. The number of benzene rings is 2. The Hall–Kier alpha value is -3.02. The number of amides is 2. The first-order chi connectivity index (χ1) is 13.0. The highest BCUT2D eigenvalue weighted by Gasteiger charge is 2.31. The molecular formula is C21H24N2O4. The summed E-state index contributed by atoms with van der Waals surface area (Å²) in [4.78, 5) is 25.1. The molecule has 2 amide bonds. The van der Waals surface area contributed by atoms with Crippen LogP contribution in [0.15, 0.2) is 54.6 Å². The lowest BCUT2D eigenvalue weighted by Crippen LogP contribution is -2.40. The summed E-state index contributed by atoms with van der Waals surface area (Å²) in [5.41, 5.74) is 1.96. The zero-order chi connectivity index (χ0) is 19.2. The maximum Gasteiger partial charge on any atom is 0.317 e. The molecule has 2 atom stereocenters. The van der Waals surface area contributed by atoms with E-state index in [0.29, 0.717) is 19.6 Å². The van der Waals surface area contributed by atoms with E-state index in [0.717, 1.165) is 16.9 Å². The molecule has 2 aromatic carbocycles. The van der Waals surface area contributed by atoms with Crippen LogP contribution in [-0.2, 0) is 11.4 Å². The van der Waals surface area contributed by atoms with Crippen LogP contribution < -0.4 is 10.1 Å². The predicted molar refractivity (Wildman–Crippen MR) is 101 cm³/mol. The summed E-state index contributed by atoms with van der Waals surface area (Å²) in [7, 11) is 0. The number of ether oxygens (including phenoxy) is 1. The summed E-state index contributed by atoms with van der Waals surface area (Å²) in [5, 5.41) is 12.0. The fourth-order valence-corrected chi connectivity index (χ4v) is 3.21. The van der Waals surface area contributed by atoms with Crippen LogP contribution in [0.4, 0.5) is 4.79 Å². The maximum absolute atomic E-state index is 12.5. The third-order valence-corrected chi connectivity index (χ3v) is 4.79. The molecule has 1 aliphatic rings. The second-order valence-corrected chi connectivity index (χ2v) is 6.75. The van der Waals surface area contributed by atoms with E-state index in [1.807, 2.05) is 61.5 Å². The van der Waals surface area contributed by atoms with Crippen molar-refractivity contribution in [3.05, 3.63) is 65.7 Å². The minimum Gasteiger partial charge on any atom is -0.489 e. The van der Waals surface area contributed by atoms with Gasteiger partial charge in [0.2, 0.25) is 0 Å². The first kappa shape index (κ1) is 18.8. The zero-order valence-corrected chi connectivity index (χ0v) is 15.3. The van der Waals surface area contributed by atoms with E-state index in [9.17, 15) is 9.59 Å². The van der Waals surface area contributed by atoms with Crippen molar-refractivity contribution in [2.45, 2.75) is 26.0 Å². The number of nitrogens with zero attached hydrogens (tertiary/aromatic N) is 1. The van der Waals surface area contributed by atoms with Crippen LogP contribution in [0.5, 0.6) is 5.75 Å². The van der Waals surface area contributed by atoms with Crippen molar-refractivity contribution in [3.63, 3.8) is 0 Å². The second kappa shape index (κ2) is 8.58. The summed E-state index contributed by atoms with van der Waals surface area (Å²) in [6, 6.07) is 17.0. The largest absolute Gasteiger partial charge is 0.489 e. The van der Waals surface area contributed by atoms with Gasteiger partial charge >= 0.3 is 12.0 Å². The first-order valence-electron chi connectivity index (χ1n) is 9.08. The zero-order valence-electron chi connectivity index (χ0n) is 15.3. The minimum atomic E-state index is -0.849. The number of nitrogens with one attached hydrogen (secondary N) is 1. The number of urea groups is 1. The van der Waals surface area contributed by atoms with Gasteiger partial charge in [-0.25, -0.2) is 4.79 Å². The number of hydrogen-bond donors (Lipinski definition) is 2. The smallest absolute Gasteiger partial charge is 0.317 e. The Balaban J connectivity index is 1.62. The van der Waals surface area contributed by atoms with Crippen molar-refractivity contribution in [2.24, 2.45) is 5.92 Å². The van der Waals surface area contributed by atoms with Crippen molar-refractivity contribution in [3.8, 4) is 5.75 Å². The Labute approximate surface area is 158 Å². The quantitative estimate of drug-likeness (QED) is 0.819. The topological polar surface area (TPSA) is 78.9 Å². The molecule has 3 rings (SSSR count). The molecule has 1 unspecified atom stereocenters. The lowest BCUT2D eigenvalue weighted by molar-refractivity contribution is -0.141.